The predicted octanol–water partition coefficient (Wildman–Crippen LogP) is 2.67. The minimum absolute atomic E-state index is 0. The van der Waals surface area contributed by atoms with Gasteiger partial charge in [-0.2, -0.15) is 0 Å². The second kappa shape index (κ2) is 8.62. The third-order valence-corrected chi connectivity index (χ3v) is 4.51. The largest absolute Gasteiger partial charge is 0.493 e. The van der Waals surface area contributed by atoms with Gasteiger partial charge in [-0.3, -0.25) is 4.90 Å². The van der Waals surface area contributed by atoms with Gasteiger partial charge in [0, 0.05) is 6.54 Å². The lowest BCUT2D eigenvalue weighted by molar-refractivity contribution is 0.170. The van der Waals surface area contributed by atoms with Crippen molar-refractivity contribution in [3.63, 3.8) is 0 Å². The summed E-state index contributed by atoms with van der Waals surface area (Å²) in [7, 11) is 1.67. The fourth-order valence-electron chi connectivity index (χ4n) is 3.23. The van der Waals surface area contributed by atoms with Crippen LogP contribution in [0.25, 0.3) is 0 Å². The maximum Gasteiger partial charge on any atom is 0.231 e. The minimum atomic E-state index is 0. The maximum atomic E-state index is 5.50. The number of hydrogen-bond donors (Lipinski definition) is 1. The lowest BCUT2D eigenvalue weighted by Gasteiger charge is -2.32. The normalized spacial score (nSPS) is 17.8. The van der Waals surface area contributed by atoms with Crippen molar-refractivity contribution in [2.45, 2.75) is 26.3 Å². The molecule has 3 rings (SSSR count). The smallest absolute Gasteiger partial charge is 0.231 e. The molecule has 0 radical (unpaired) electrons. The Morgan fingerprint density at radius 2 is 2.04 bits per heavy atom. The lowest BCUT2D eigenvalue weighted by atomic mass is 9.96. The van der Waals surface area contributed by atoms with Crippen LogP contribution in [0.1, 0.15) is 25.3 Å². The van der Waals surface area contributed by atoms with Crippen molar-refractivity contribution >= 4 is 12.4 Å². The molecule has 1 aromatic rings. The molecule has 2 heterocycles. The highest BCUT2D eigenvalue weighted by molar-refractivity contribution is 5.85. The van der Waals surface area contributed by atoms with Gasteiger partial charge in [0.25, 0.3) is 0 Å². The Kier molecular flexibility index (Phi) is 6.81. The quantitative estimate of drug-likeness (QED) is 0.861. The molecule has 0 saturated carbocycles. The fraction of sp³-hybridized carbons (Fsp3) is 0.647. The summed E-state index contributed by atoms with van der Waals surface area (Å²) in [5.41, 5.74) is 1.23. The summed E-state index contributed by atoms with van der Waals surface area (Å²) in [6.45, 7) is 7.94. The topological polar surface area (TPSA) is 43.0 Å². The molecule has 6 heteroatoms. The first-order chi connectivity index (χ1) is 10.8. The molecule has 2 aliphatic rings. The molecule has 1 saturated heterocycles. The second-order valence-electron chi connectivity index (χ2n) is 6.06. The Morgan fingerprint density at radius 3 is 2.74 bits per heavy atom. The van der Waals surface area contributed by atoms with Gasteiger partial charge in [-0.15, -0.1) is 12.4 Å². The number of fused-ring (bicyclic) bond motifs is 1. The monoisotopic (exact) mass is 342 g/mol. The molecule has 0 amide bonds. The number of rotatable bonds is 6. The molecule has 0 spiro atoms. The number of likely N-dealkylation sites (tertiary alicyclic amines) is 1. The highest BCUT2D eigenvalue weighted by Crippen LogP contribution is 2.42. The zero-order valence-electron chi connectivity index (χ0n) is 14.0. The molecule has 0 aliphatic carbocycles. The zero-order valence-corrected chi connectivity index (χ0v) is 14.8. The van der Waals surface area contributed by atoms with E-state index in [0.717, 1.165) is 55.9 Å². The van der Waals surface area contributed by atoms with E-state index in [1.54, 1.807) is 7.11 Å². The van der Waals surface area contributed by atoms with Crippen molar-refractivity contribution in [3.8, 4) is 17.2 Å². The Hall–Kier alpha value is -1.17. The van der Waals surface area contributed by atoms with Gasteiger partial charge in [0.15, 0.2) is 11.5 Å². The van der Waals surface area contributed by atoms with Crippen LogP contribution in [0.15, 0.2) is 12.1 Å². The summed E-state index contributed by atoms with van der Waals surface area (Å²) in [5.74, 6) is 3.13. The second-order valence-corrected chi connectivity index (χ2v) is 6.06. The Bertz CT molecular complexity index is 505. The molecule has 0 unspecified atom stereocenters. The minimum Gasteiger partial charge on any atom is -0.493 e. The van der Waals surface area contributed by atoms with E-state index in [1.807, 2.05) is 0 Å². The van der Waals surface area contributed by atoms with Crippen molar-refractivity contribution in [2.24, 2.45) is 5.92 Å². The van der Waals surface area contributed by atoms with Crippen molar-refractivity contribution in [3.05, 3.63) is 17.7 Å². The van der Waals surface area contributed by atoms with Crippen LogP contribution in [-0.4, -0.2) is 45.0 Å². The molecule has 2 aliphatic heterocycles. The van der Waals surface area contributed by atoms with E-state index in [9.17, 15) is 0 Å². The molecule has 1 N–H and O–H groups in total. The van der Waals surface area contributed by atoms with Crippen molar-refractivity contribution in [1.82, 2.24) is 10.2 Å². The molecule has 1 fully saturated rings. The van der Waals surface area contributed by atoms with Gasteiger partial charge in [-0.05, 0) is 62.6 Å². The highest BCUT2D eigenvalue weighted by Gasteiger charge is 2.22. The first-order valence-electron chi connectivity index (χ1n) is 8.19. The SMILES string of the molecule is CCNCC1CCN(Cc2cc(OC)c3c(c2)OCO3)CC1.Cl. The first kappa shape index (κ1) is 18.2. The summed E-state index contributed by atoms with van der Waals surface area (Å²) in [6.07, 6.45) is 2.55. The molecule has 5 nitrogen and oxygen atoms in total. The van der Waals surface area contributed by atoms with Crippen molar-refractivity contribution in [2.75, 3.05) is 40.1 Å². The van der Waals surface area contributed by atoms with Crippen LogP contribution < -0.4 is 19.5 Å². The van der Waals surface area contributed by atoms with Crippen LogP contribution in [0, 0.1) is 5.92 Å². The summed E-state index contributed by atoms with van der Waals surface area (Å²) >= 11 is 0. The third-order valence-electron chi connectivity index (χ3n) is 4.51. The van der Waals surface area contributed by atoms with Crippen molar-refractivity contribution in [1.29, 1.82) is 0 Å². The van der Waals surface area contributed by atoms with E-state index in [0.29, 0.717) is 0 Å². The van der Waals surface area contributed by atoms with Gasteiger partial charge in [-0.25, -0.2) is 0 Å². The number of nitrogens with one attached hydrogen (secondary N) is 1. The highest BCUT2D eigenvalue weighted by atomic mass is 35.5. The average Bonchev–Trinajstić information content (AvgIpc) is 3.02. The zero-order chi connectivity index (χ0) is 15.4. The molecule has 23 heavy (non-hydrogen) atoms. The van der Waals surface area contributed by atoms with Crippen LogP contribution in [0.5, 0.6) is 17.2 Å². The standard InChI is InChI=1S/C17H26N2O3.ClH/c1-3-18-10-13-4-6-19(7-5-13)11-14-8-15(20-2)17-16(9-14)21-12-22-17;/h8-9,13,18H,3-7,10-12H2,1-2H3;1H. The Labute approximate surface area is 144 Å². The predicted molar refractivity (Wildman–Crippen MR) is 92.9 cm³/mol. The molecule has 130 valence electrons. The number of nitrogens with zero attached hydrogens (tertiary/aromatic N) is 1. The number of ether oxygens (including phenoxy) is 3. The molecule has 0 aromatic heterocycles. The number of benzene rings is 1. The van der Waals surface area contributed by atoms with Gasteiger partial charge in [0.05, 0.1) is 7.11 Å². The number of halogens is 1. The third kappa shape index (κ3) is 4.43. The van der Waals surface area contributed by atoms with Crippen LogP contribution in [0.2, 0.25) is 0 Å². The maximum absolute atomic E-state index is 5.50. The Morgan fingerprint density at radius 1 is 1.26 bits per heavy atom. The molecule has 1 aromatic carbocycles. The van der Waals surface area contributed by atoms with Gasteiger partial charge in [-0.1, -0.05) is 6.92 Å². The number of methoxy groups -OCH3 is 1. The van der Waals surface area contributed by atoms with Gasteiger partial charge in [0.2, 0.25) is 12.5 Å². The summed E-state index contributed by atoms with van der Waals surface area (Å²) in [5, 5.41) is 3.46. The molecule has 0 atom stereocenters. The molecular weight excluding hydrogens is 316 g/mol. The van der Waals surface area contributed by atoms with Crippen molar-refractivity contribution < 1.29 is 14.2 Å². The average molecular weight is 343 g/mol. The van der Waals surface area contributed by atoms with Gasteiger partial charge < -0.3 is 19.5 Å². The lowest BCUT2D eigenvalue weighted by Crippen LogP contribution is -2.36. The van der Waals surface area contributed by atoms with E-state index >= 15 is 0 Å². The van der Waals surface area contributed by atoms with E-state index in [-0.39, 0.29) is 19.2 Å². The van der Waals surface area contributed by atoms with E-state index in [1.165, 1.54) is 18.4 Å². The number of piperidine rings is 1. The van der Waals surface area contributed by atoms with Crippen LogP contribution in [-0.2, 0) is 6.54 Å². The summed E-state index contributed by atoms with van der Waals surface area (Å²) in [6, 6.07) is 4.15. The van der Waals surface area contributed by atoms with E-state index in [4.69, 9.17) is 14.2 Å². The van der Waals surface area contributed by atoms with E-state index < -0.39 is 0 Å². The summed E-state index contributed by atoms with van der Waals surface area (Å²) in [4.78, 5) is 2.51. The van der Waals surface area contributed by atoms with E-state index in [2.05, 4.69) is 29.3 Å². The fourth-order valence-corrected chi connectivity index (χ4v) is 3.23. The van der Waals surface area contributed by atoms with Crippen LogP contribution in [0.3, 0.4) is 0 Å². The number of hydrogen-bond acceptors (Lipinski definition) is 5. The van der Waals surface area contributed by atoms with Crippen LogP contribution in [0.4, 0.5) is 0 Å². The van der Waals surface area contributed by atoms with Gasteiger partial charge >= 0.3 is 0 Å². The first-order valence-corrected chi connectivity index (χ1v) is 8.19. The Balaban J connectivity index is 0.00000192. The molecule has 0 bridgehead atoms. The van der Waals surface area contributed by atoms with Gasteiger partial charge in [0.1, 0.15) is 0 Å². The summed E-state index contributed by atoms with van der Waals surface area (Å²) < 4.78 is 16.4. The van der Waals surface area contributed by atoms with Crippen LogP contribution >= 0.6 is 12.4 Å². The molecular formula is C17H27ClN2O3.